The van der Waals surface area contributed by atoms with Crippen molar-refractivity contribution in [1.29, 1.82) is 0 Å². The van der Waals surface area contributed by atoms with Gasteiger partial charge in [-0.15, -0.1) is 11.3 Å². The summed E-state index contributed by atoms with van der Waals surface area (Å²) in [5.41, 5.74) is 0.439. The third-order valence-corrected chi connectivity index (χ3v) is 5.15. The predicted octanol–water partition coefficient (Wildman–Crippen LogP) is 3.65. The van der Waals surface area contributed by atoms with Crippen molar-refractivity contribution in [2.45, 2.75) is 0 Å². The summed E-state index contributed by atoms with van der Waals surface area (Å²) >= 11 is 13.4. The summed E-state index contributed by atoms with van der Waals surface area (Å²) < 4.78 is 0. The summed E-state index contributed by atoms with van der Waals surface area (Å²) in [6, 6.07) is 8.53. The highest BCUT2D eigenvalue weighted by molar-refractivity contribution is 7.12. The molecule has 1 aliphatic rings. The molecule has 0 N–H and O–H groups in total. The number of carbonyl (C=O) groups excluding carboxylic acids is 2. The van der Waals surface area contributed by atoms with Gasteiger partial charge in [0.15, 0.2) is 0 Å². The molecule has 0 spiro atoms. The average Bonchev–Trinajstić information content (AvgIpc) is 3.08. The van der Waals surface area contributed by atoms with E-state index in [0.29, 0.717) is 41.8 Å². The largest absolute Gasteiger partial charge is 0.335 e. The topological polar surface area (TPSA) is 40.6 Å². The lowest BCUT2D eigenvalue weighted by atomic mass is 10.1. The number of halogens is 2. The second-order valence-electron chi connectivity index (χ2n) is 5.19. The van der Waals surface area contributed by atoms with E-state index in [2.05, 4.69) is 0 Å². The number of hydrogen-bond donors (Lipinski definition) is 0. The molecule has 2 aromatic rings. The highest BCUT2D eigenvalue weighted by Gasteiger charge is 2.26. The van der Waals surface area contributed by atoms with Crippen LogP contribution in [0.15, 0.2) is 35.7 Å². The van der Waals surface area contributed by atoms with Crippen LogP contribution in [-0.2, 0) is 0 Å². The van der Waals surface area contributed by atoms with Gasteiger partial charge in [0.25, 0.3) is 11.8 Å². The molecule has 0 saturated carbocycles. The molecule has 0 radical (unpaired) electrons. The number of benzene rings is 1. The Morgan fingerprint density at radius 3 is 2.17 bits per heavy atom. The lowest BCUT2D eigenvalue weighted by Crippen LogP contribution is -2.50. The predicted molar refractivity (Wildman–Crippen MR) is 92.6 cm³/mol. The van der Waals surface area contributed by atoms with Crippen LogP contribution in [0.25, 0.3) is 0 Å². The Morgan fingerprint density at radius 2 is 1.61 bits per heavy atom. The monoisotopic (exact) mass is 368 g/mol. The molecule has 1 aromatic carbocycles. The van der Waals surface area contributed by atoms with Crippen LogP contribution in [-0.4, -0.2) is 47.8 Å². The van der Waals surface area contributed by atoms with Crippen molar-refractivity contribution in [3.8, 4) is 0 Å². The first-order chi connectivity index (χ1) is 11.1. The minimum Gasteiger partial charge on any atom is -0.335 e. The summed E-state index contributed by atoms with van der Waals surface area (Å²) in [7, 11) is 0. The van der Waals surface area contributed by atoms with Gasteiger partial charge >= 0.3 is 0 Å². The van der Waals surface area contributed by atoms with Gasteiger partial charge in [0.05, 0.1) is 15.5 Å². The van der Waals surface area contributed by atoms with Crippen LogP contribution < -0.4 is 0 Å². The normalized spacial score (nSPS) is 14.9. The Bertz CT molecular complexity index is 726. The second kappa shape index (κ2) is 6.91. The van der Waals surface area contributed by atoms with Gasteiger partial charge in [-0.05, 0) is 29.6 Å². The van der Waals surface area contributed by atoms with Crippen LogP contribution in [0.4, 0.5) is 0 Å². The number of hydrogen-bond acceptors (Lipinski definition) is 3. The minimum atomic E-state index is -0.130. The van der Waals surface area contributed by atoms with Crippen molar-refractivity contribution in [2.24, 2.45) is 0 Å². The molecule has 1 aliphatic heterocycles. The van der Waals surface area contributed by atoms with Crippen LogP contribution in [0.5, 0.6) is 0 Å². The van der Waals surface area contributed by atoms with E-state index in [1.165, 1.54) is 11.3 Å². The zero-order valence-electron chi connectivity index (χ0n) is 12.2. The maximum absolute atomic E-state index is 12.5. The van der Waals surface area contributed by atoms with Gasteiger partial charge in [-0.1, -0.05) is 29.3 Å². The number of nitrogens with zero attached hydrogens (tertiary/aromatic N) is 2. The fourth-order valence-electron chi connectivity index (χ4n) is 2.50. The van der Waals surface area contributed by atoms with Gasteiger partial charge in [0.1, 0.15) is 0 Å². The highest BCUT2D eigenvalue weighted by Crippen LogP contribution is 2.23. The molecule has 3 rings (SSSR count). The van der Waals surface area contributed by atoms with Crippen LogP contribution in [0.1, 0.15) is 20.0 Å². The Kier molecular flexibility index (Phi) is 4.90. The van der Waals surface area contributed by atoms with E-state index in [1.807, 2.05) is 17.5 Å². The summed E-state index contributed by atoms with van der Waals surface area (Å²) in [6.45, 7) is 2.03. The molecular formula is C16H14Cl2N2O2S. The van der Waals surface area contributed by atoms with Crippen molar-refractivity contribution in [1.82, 2.24) is 9.80 Å². The SMILES string of the molecule is O=C(c1cccs1)N1CCN(C(=O)c2ccc(Cl)cc2Cl)CC1. The standard InChI is InChI=1S/C16H14Cl2N2O2S/c17-11-3-4-12(13(18)10-11)15(21)19-5-7-20(8-6-19)16(22)14-2-1-9-23-14/h1-4,9-10H,5-8H2. The number of amides is 2. The van der Waals surface area contributed by atoms with E-state index < -0.39 is 0 Å². The quantitative estimate of drug-likeness (QED) is 0.811. The molecular weight excluding hydrogens is 355 g/mol. The molecule has 1 fully saturated rings. The summed E-state index contributed by atoms with van der Waals surface area (Å²) in [5, 5.41) is 2.73. The Labute approximate surface area is 148 Å². The summed E-state index contributed by atoms with van der Waals surface area (Å²) in [4.78, 5) is 29.0. The van der Waals surface area contributed by atoms with Crippen molar-refractivity contribution < 1.29 is 9.59 Å². The van der Waals surface area contributed by atoms with E-state index in [-0.39, 0.29) is 11.8 Å². The van der Waals surface area contributed by atoms with Gasteiger partial charge in [0, 0.05) is 31.2 Å². The fourth-order valence-corrected chi connectivity index (χ4v) is 3.68. The first kappa shape index (κ1) is 16.3. The van der Waals surface area contributed by atoms with E-state index in [4.69, 9.17) is 23.2 Å². The molecule has 1 aromatic heterocycles. The van der Waals surface area contributed by atoms with Crippen LogP contribution in [0.3, 0.4) is 0 Å². The zero-order chi connectivity index (χ0) is 16.4. The van der Waals surface area contributed by atoms with Crippen LogP contribution in [0.2, 0.25) is 10.0 Å². The van der Waals surface area contributed by atoms with Crippen LogP contribution >= 0.6 is 34.5 Å². The minimum absolute atomic E-state index is 0.0247. The molecule has 2 heterocycles. The summed E-state index contributed by atoms with van der Waals surface area (Å²) in [5.74, 6) is -0.105. The first-order valence-corrected chi connectivity index (χ1v) is 8.77. The third-order valence-electron chi connectivity index (χ3n) is 3.75. The molecule has 2 amide bonds. The second-order valence-corrected chi connectivity index (χ2v) is 6.98. The Balaban J connectivity index is 1.64. The molecule has 1 saturated heterocycles. The molecule has 23 heavy (non-hydrogen) atoms. The third kappa shape index (κ3) is 3.52. The van der Waals surface area contributed by atoms with Gasteiger partial charge in [-0.25, -0.2) is 0 Å². The number of carbonyl (C=O) groups is 2. The molecule has 0 unspecified atom stereocenters. The summed E-state index contributed by atoms with van der Waals surface area (Å²) in [6.07, 6.45) is 0. The van der Waals surface area contributed by atoms with Crippen molar-refractivity contribution in [2.75, 3.05) is 26.2 Å². The van der Waals surface area contributed by atoms with Gasteiger partial charge < -0.3 is 9.80 Å². The molecule has 0 bridgehead atoms. The van der Waals surface area contributed by atoms with Gasteiger partial charge in [-0.3, -0.25) is 9.59 Å². The average molecular weight is 369 g/mol. The van der Waals surface area contributed by atoms with Crippen molar-refractivity contribution in [3.05, 3.63) is 56.2 Å². The maximum Gasteiger partial charge on any atom is 0.264 e. The molecule has 4 nitrogen and oxygen atoms in total. The maximum atomic E-state index is 12.5. The number of rotatable bonds is 2. The smallest absolute Gasteiger partial charge is 0.264 e. The molecule has 0 aliphatic carbocycles. The lowest BCUT2D eigenvalue weighted by molar-refractivity contribution is 0.0538. The van der Waals surface area contributed by atoms with E-state index in [0.717, 1.165) is 4.88 Å². The Morgan fingerprint density at radius 1 is 0.957 bits per heavy atom. The van der Waals surface area contributed by atoms with Gasteiger partial charge in [0.2, 0.25) is 0 Å². The van der Waals surface area contributed by atoms with E-state index >= 15 is 0 Å². The van der Waals surface area contributed by atoms with E-state index in [9.17, 15) is 9.59 Å². The fraction of sp³-hybridized carbons (Fsp3) is 0.250. The van der Waals surface area contributed by atoms with Crippen LogP contribution in [0, 0.1) is 0 Å². The van der Waals surface area contributed by atoms with Crippen molar-refractivity contribution in [3.63, 3.8) is 0 Å². The van der Waals surface area contributed by atoms with Crippen molar-refractivity contribution >= 4 is 46.4 Å². The molecule has 0 atom stereocenters. The Hall–Kier alpha value is -1.56. The van der Waals surface area contributed by atoms with E-state index in [1.54, 1.807) is 28.0 Å². The molecule has 7 heteroatoms. The number of thiophene rings is 1. The zero-order valence-corrected chi connectivity index (χ0v) is 14.5. The highest BCUT2D eigenvalue weighted by atomic mass is 35.5. The molecule has 120 valence electrons. The van der Waals surface area contributed by atoms with Gasteiger partial charge in [-0.2, -0.15) is 0 Å². The number of piperazine rings is 1. The lowest BCUT2D eigenvalue weighted by Gasteiger charge is -2.34. The first-order valence-electron chi connectivity index (χ1n) is 7.13.